The minimum absolute atomic E-state index is 0.628. The Balaban J connectivity index is 1.03. The fourth-order valence-electron chi connectivity index (χ4n) is 8.13. The molecule has 56 heavy (non-hydrogen) atoms. The Morgan fingerprint density at radius 2 is 0.589 bits per heavy atom. The van der Waals surface area contributed by atoms with Gasteiger partial charge in [0.2, 0.25) is 0 Å². The van der Waals surface area contributed by atoms with Crippen LogP contribution in [-0.4, -0.2) is 24.1 Å². The molecular formula is C51H33N5. The summed E-state index contributed by atoms with van der Waals surface area (Å²) in [5, 5.41) is 4.93. The molecular weight excluding hydrogens is 683 g/mol. The molecule has 0 unspecified atom stereocenters. The summed E-state index contributed by atoms with van der Waals surface area (Å²) in [5.74, 6) is 1.91. The molecule has 11 rings (SSSR count). The number of fused-ring (bicyclic) bond motifs is 6. The summed E-state index contributed by atoms with van der Waals surface area (Å²) in [6, 6.07) is 70.4. The van der Waals surface area contributed by atoms with Gasteiger partial charge in [0.05, 0.1) is 22.1 Å². The highest BCUT2D eigenvalue weighted by atomic mass is 15.0. The highest BCUT2D eigenvalue weighted by Crippen LogP contribution is 2.37. The minimum atomic E-state index is 0.628. The lowest BCUT2D eigenvalue weighted by molar-refractivity contribution is 1.07. The number of nitrogens with zero attached hydrogens (tertiary/aromatic N) is 5. The Kier molecular flexibility index (Phi) is 7.42. The van der Waals surface area contributed by atoms with Gasteiger partial charge in [-0.25, -0.2) is 15.0 Å². The summed E-state index contributed by atoms with van der Waals surface area (Å²) in [6.07, 6.45) is 0. The van der Waals surface area contributed by atoms with E-state index in [9.17, 15) is 0 Å². The zero-order valence-electron chi connectivity index (χ0n) is 30.3. The molecule has 0 amide bonds. The molecule has 8 aromatic carbocycles. The monoisotopic (exact) mass is 715 g/mol. The number of hydrogen-bond acceptors (Lipinski definition) is 3. The minimum Gasteiger partial charge on any atom is -0.309 e. The maximum absolute atomic E-state index is 5.05. The first-order valence-corrected chi connectivity index (χ1v) is 18.9. The van der Waals surface area contributed by atoms with Crippen molar-refractivity contribution in [2.45, 2.75) is 0 Å². The molecule has 5 nitrogen and oxygen atoms in total. The van der Waals surface area contributed by atoms with Crippen LogP contribution in [0.25, 0.3) is 100 Å². The van der Waals surface area contributed by atoms with Crippen LogP contribution in [0.5, 0.6) is 0 Å². The van der Waals surface area contributed by atoms with Crippen LogP contribution in [-0.2, 0) is 0 Å². The molecule has 3 heterocycles. The van der Waals surface area contributed by atoms with Gasteiger partial charge < -0.3 is 9.13 Å². The van der Waals surface area contributed by atoms with Crippen LogP contribution in [0.15, 0.2) is 200 Å². The molecule has 0 bridgehead atoms. The summed E-state index contributed by atoms with van der Waals surface area (Å²) in [4.78, 5) is 15.0. The van der Waals surface area contributed by atoms with E-state index in [0.29, 0.717) is 17.5 Å². The lowest BCUT2D eigenvalue weighted by atomic mass is 10.0. The molecule has 262 valence electrons. The van der Waals surface area contributed by atoms with Crippen molar-refractivity contribution >= 4 is 43.6 Å². The number of para-hydroxylation sites is 3. The Morgan fingerprint density at radius 3 is 1.11 bits per heavy atom. The standard InChI is InChI=1S/C51H33N5/c1-3-13-34(14-4-1)35-23-25-37(26-24-35)50-52-49(36-15-5-2-6-16-36)53-51(54-50)38-27-29-39(30-28-38)55-45-20-10-9-19-43(45)44-32-31-40(33-48(44)55)56-46-21-11-7-17-41(46)42-18-8-12-22-47(42)56/h1-33H. The van der Waals surface area contributed by atoms with Crippen LogP contribution in [0.2, 0.25) is 0 Å². The van der Waals surface area contributed by atoms with E-state index in [1.54, 1.807) is 0 Å². The van der Waals surface area contributed by atoms with Crippen LogP contribution in [0.3, 0.4) is 0 Å². The van der Waals surface area contributed by atoms with Gasteiger partial charge >= 0.3 is 0 Å². The quantitative estimate of drug-likeness (QED) is 0.172. The molecule has 3 aromatic heterocycles. The predicted molar refractivity (Wildman–Crippen MR) is 230 cm³/mol. The molecule has 0 aliphatic rings. The van der Waals surface area contributed by atoms with Gasteiger partial charge in [0, 0.05) is 49.6 Å². The zero-order valence-corrected chi connectivity index (χ0v) is 30.3. The zero-order chi connectivity index (χ0) is 37.0. The second-order valence-electron chi connectivity index (χ2n) is 14.1. The van der Waals surface area contributed by atoms with Crippen LogP contribution < -0.4 is 0 Å². The Bertz CT molecular complexity index is 3160. The van der Waals surface area contributed by atoms with Crippen molar-refractivity contribution in [2.75, 3.05) is 0 Å². The van der Waals surface area contributed by atoms with Crippen molar-refractivity contribution in [3.63, 3.8) is 0 Å². The third kappa shape index (κ3) is 5.29. The van der Waals surface area contributed by atoms with Gasteiger partial charge in [0.25, 0.3) is 0 Å². The molecule has 0 N–H and O–H groups in total. The summed E-state index contributed by atoms with van der Waals surface area (Å²) >= 11 is 0. The van der Waals surface area contributed by atoms with Gasteiger partial charge in [-0.3, -0.25) is 0 Å². The lowest BCUT2D eigenvalue weighted by Crippen LogP contribution is -2.00. The molecule has 0 saturated heterocycles. The molecule has 0 atom stereocenters. The first-order chi connectivity index (χ1) is 27.8. The molecule has 0 spiro atoms. The van der Waals surface area contributed by atoms with E-state index in [1.165, 1.54) is 38.1 Å². The summed E-state index contributed by atoms with van der Waals surface area (Å²) in [7, 11) is 0. The Morgan fingerprint density at radius 1 is 0.250 bits per heavy atom. The van der Waals surface area contributed by atoms with Crippen LogP contribution in [0, 0.1) is 0 Å². The average molecular weight is 716 g/mol. The van der Waals surface area contributed by atoms with E-state index in [2.05, 4.69) is 173 Å². The molecule has 0 saturated carbocycles. The fraction of sp³-hybridized carbons (Fsp3) is 0. The molecule has 0 fully saturated rings. The number of aromatic nitrogens is 5. The summed E-state index contributed by atoms with van der Waals surface area (Å²) in [6.45, 7) is 0. The number of benzene rings is 8. The normalized spacial score (nSPS) is 11.6. The Hall–Kier alpha value is -7.63. The number of rotatable bonds is 6. The predicted octanol–water partition coefficient (Wildman–Crippen LogP) is 12.7. The van der Waals surface area contributed by atoms with E-state index < -0.39 is 0 Å². The SMILES string of the molecule is c1ccc(-c2ccc(-c3nc(-c4ccccc4)nc(-c4ccc(-n5c6ccccc6c6ccc(-n7c8ccccc8c8ccccc87)cc65)cc4)n3)cc2)cc1. The van der Waals surface area contributed by atoms with E-state index in [0.717, 1.165) is 44.7 Å². The van der Waals surface area contributed by atoms with Crippen LogP contribution in [0.1, 0.15) is 0 Å². The van der Waals surface area contributed by atoms with Crippen LogP contribution >= 0.6 is 0 Å². The van der Waals surface area contributed by atoms with Crippen molar-refractivity contribution in [3.8, 4) is 56.7 Å². The average Bonchev–Trinajstić information content (AvgIpc) is 3.79. The van der Waals surface area contributed by atoms with Gasteiger partial charge in [0.1, 0.15) is 0 Å². The second-order valence-corrected chi connectivity index (χ2v) is 14.1. The molecule has 11 aromatic rings. The van der Waals surface area contributed by atoms with Crippen LogP contribution in [0.4, 0.5) is 0 Å². The van der Waals surface area contributed by atoms with E-state index in [-0.39, 0.29) is 0 Å². The maximum atomic E-state index is 5.05. The van der Waals surface area contributed by atoms with Crippen molar-refractivity contribution in [2.24, 2.45) is 0 Å². The number of hydrogen-bond donors (Lipinski definition) is 0. The van der Waals surface area contributed by atoms with Crippen molar-refractivity contribution in [1.29, 1.82) is 0 Å². The Labute approximate surface area is 323 Å². The van der Waals surface area contributed by atoms with Crippen molar-refractivity contribution in [1.82, 2.24) is 24.1 Å². The molecule has 0 aliphatic carbocycles. The van der Waals surface area contributed by atoms with Gasteiger partial charge in [-0.15, -0.1) is 0 Å². The van der Waals surface area contributed by atoms with Gasteiger partial charge in [0.15, 0.2) is 17.5 Å². The first-order valence-electron chi connectivity index (χ1n) is 18.9. The van der Waals surface area contributed by atoms with Gasteiger partial charge in [-0.1, -0.05) is 146 Å². The summed E-state index contributed by atoms with van der Waals surface area (Å²) in [5.41, 5.74) is 12.0. The highest BCUT2D eigenvalue weighted by molar-refractivity contribution is 6.12. The fourth-order valence-corrected chi connectivity index (χ4v) is 8.13. The third-order valence-electron chi connectivity index (χ3n) is 10.8. The highest BCUT2D eigenvalue weighted by Gasteiger charge is 2.17. The molecule has 5 heteroatoms. The molecule has 0 aliphatic heterocycles. The van der Waals surface area contributed by atoms with Gasteiger partial charge in [-0.05, 0) is 65.7 Å². The third-order valence-corrected chi connectivity index (χ3v) is 10.8. The smallest absolute Gasteiger partial charge is 0.164 e. The van der Waals surface area contributed by atoms with E-state index in [4.69, 9.17) is 15.0 Å². The van der Waals surface area contributed by atoms with E-state index in [1.807, 2.05) is 36.4 Å². The van der Waals surface area contributed by atoms with Crippen molar-refractivity contribution < 1.29 is 0 Å². The second kappa shape index (κ2) is 13.0. The lowest BCUT2D eigenvalue weighted by Gasteiger charge is -2.12. The largest absolute Gasteiger partial charge is 0.309 e. The van der Waals surface area contributed by atoms with Gasteiger partial charge in [-0.2, -0.15) is 0 Å². The maximum Gasteiger partial charge on any atom is 0.164 e. The topological polar surface area (TPSA) is 48.5 Å². The molecule has 0 radical (unpaired) electrons. The first kappa shape index (κ1) is 31.9. The van der Waals surface area contributed by atoms with E-state index >= 15 is 0 Å². The van der Waals surface area contributed by atoms with Crippen molar-refractivity contribution in [3.05, 3.63) is 200 Å². The summed E-state index contributed by atoms with van der Waals surface area (Å²) < 4.78 is 4.75.